The number of aromatic carboxylic acids is 1. The van der Waals surface area contributed by atoms with Crippen LogP contribution in [0.3, 0.4) is 0 Å². The molecule has 6 nitrogen and oxygen atoms in total. The van der Waals surface area contributed by atoms with Crippen LogP contribution in [0.1, 0.15) is 15.9 Å². The molecule has 2 aromatic rings. The number of carbonyl (C=O) groups is 2. The normalized spacial score (nSPS) is 9.82. The number of phenols is 2. The van der Waals surface area contributed by atoms with Crippen molar-refractivity contribution in [2.45, 2.75) is 0 Å². The molecule has 0 radical (unpaired) electrons. The van der Waals surface area contributed by atoms with Gasteiger partial charge in [0.25, 0.3) is 0 Å². The summed E-state index contributed by atoms with van der Waals surface area (Å²) in [5, 5.41) is 34.6. The molecule has 0 amide bonds. The van der Waals surface area contributed by atoms with Gasteiger partial charge in [0.05, 0.1) is 5.56 Å². The molecule has 0 aliphatic heterocycles. The van der Waals surface area contributed by atoms with Gasteiger partial charge in [0.2, 0.25) is 0 Å². The molecule has 0 aliphatic carbocycles. The predicted octanol–water partition coefficient (Wildman–Crippen LogP) is 2.58. The van der Waals surface area contributed by atoms with E-state index in [1.807, 2.05) is 0 Å². The molecular formula is C16H14O6. The third kappa shape index (κ3) is 5.79. The van der Waals surface area contributed by atoms with Crippen molar-refractivity contribution in [1.82, 2.24) is 0 Å². The van der Waals surface area contributed by atoms with Crippen molar-refractivity contribution in [2.24, 2.45) is 0 Å². The lowest BCUT2D eigenvalue weighted by molar-refractivity contribution is -0.131. The first-order valence-electron chi connectivity index (χ1n) is 6.11. The van der Waals surface area contributed by atoms with E-state index in [1.54, 1.807) is 18.2 Å². The monoisotopic (exact) mass is 302 g/mol. The Bertz CT molecular complexity index is 673. The van der Waals surface area contributed by atoms with Crippen molar-refractivity contribution in [1.29, 1.82) is 0 Å². The van der Waals surface area contributed by atoms with Crippen molar-refractivity contribution >= 4 is 18.0 Å². The molecule has 6 heteroatoms. The predicted molar refractivity (Wildman–Crippen MR) is 79.8 cm³/mol. The molecule has 0 bridgehead atoms. The van der Waals surface area contributed by atoms with Crippen molar-refractivity contribution in [3.05, 3.63) is 65.7 Å². The van der Waals surface area contributed by atoms with Crippen LogP contribution >= 0.6 is 0 Å². The summed E-state index contributed by atoms with van der Waals surface area (Å²) in [6.07, 6.45) is 2.33. The lowest BCUT2D eigenvalue weighted by Crippen LogP contribution is -1.93. The van der Waals surface area contributed by atoms with E-state index in [0.29, 0.717) is 5.56 Å². The van der Waals surface area contributed by atoms with Crippen LogP contribution in [0.5, 0.6) is 11.5 Å². The van der Waals surface area contributed by atoms with Gasteiger partial charge in [-0.1, -0.05) is 18.2 Å². The maximum atomic E-state index is 10.2. The maximum Gasteiger partial charge on any atom is 0.335 e. The smallest absolute Gasteiger partial charge is 0.335 e. The molecule has 22 heavy (non-hydrogen) atoms. The molecule has 0 aromatic heterocycles. The van der Waals surface area contributed by atoms with Crippen LogP contribution < -0.4 is 0 Å². The summed E-state index contributed by atoms with van der Waals surface area (Å²) in [7, 11) is 0. The minimum atomic E-state index is -1.03. The first-order valence-corrected chi connectivity index (χ1v) is 6.11. The Morgan fingerprint density at radius 3 is 1.95 bits per heavy atom. The van der Waals surface area contributed by atoms with Crippen molar-refractivity contribution in [2.75, 3.05) is 0 Å². The van der Waals surface area contributed by atoms with E-state index in [2.05, 4.69) is 0 Å². The zero-order valence-corrected chi connectivity index (χ0v) is 11.4. The lowest BCUT2D eigenvalue weighted by Gasteiger charge is -1.95. The number of hydrogen-bond donors (Lipinski definition) is 4. The zero-order chi connectivity index (χ0) is 16.5. The molecule has 2 aromatic carbocycles. The fraction of sp³-hybridized carbons (Fsp3) is 0. The number of carboxylic acid groups (broad SMARTS) is 2. The second kappa shape index (κ2) is 8.11. The van der Waals surface area contributed by atoms with Crippen molar-refractivity contribution in [3.8, 4) is 11.5 Å². The molecule has 0 spiro atoms. The van der Waals surface area contributed by atoms with Gasteiger partial charge in [-0.05, 0) is 36.4 Å². The number of aliphatic carboxylic acids is 1. The van der Waals surface area contributed by atoms with E-state index < -0.39 is 11.9 Å². The average Bonchev–Trinajstić information content (AvgIpc) is 2.47. The van der Waals surface area contributed by atoms with E-state index in [0.717, 1.165) is 6.08 Å². The highest BCUT2D eigenvalue weighted by atomic mass is 16.4. The minimum absolute atomic E-state index is 0.0741. The van der Waals surface area contributed by atoms with Gasteiger partial charge in [-0.3, -0.25) is 0 Å². The van der Waals surface area contributed by atoms with Gasteiger partial charge in [0, 0.05) is 11.6 Å². The van der Waals surface area contributed by atoms with E-state index in [9.17, 15) is 14.7 Å². The van der Waals surface area contributed by atoms with Crippen LogP contribution in [0.2, 0.25) is 0 Å². The first kappa shape index (κ1) is 16.8. The summed E-state index contributed by atoms with van der Waals surface area (Å²) < 4.78 is 0. The van der Waals surface area contributed by atoms with Crippen LogP contribution in [-0.2, 0) is 4.79 Å². The molecule has 0 heterocycles. The van der Waals surface area contributed by atoms with Crippen molar-refractivity contribution < 1.29 is 30.0 Å². The summed E-state index contributed by atoms with van der Waals surface area (Å²) in [5.74, 6) is -1.86. The average molecular weight is 302 g/mol. The number of para-hydroxylation sites is 1. The van der Waals surface area contributed by atoms with E-state index in [-0.39, 0.29) is 17.1 Å². The topological polar surface area (TPSA) is 115 Å². The Morgan fingerprint density at radius 1 is 0.864 bits per heavy atom. The highest BCUT2D eigenvalue weighted by molar-refractivity contribution is 5.87. The molecule has 0 saturated heterocycles. The number of rotatable bonds is 3. The summed E-state index contributed by atoms with van der Waals surface area (Å²) in [6.45, 7) is 0. The largest absolute Gasteiger partial charge is 0.508 e. The third-order valence-corrected chi connectivity index (χ3v) is 2.46. The molecular weight excluding hydrogens is 288 g/mol. The van der Waals surface area contributed by atoms with Gasteiger partial charge in [0.1, 0.15) is 11.5 Å². The second-order valence-electron chi connectivity index (χ2n) is 4.08. The second-order valence-corrected chi connectivity index (χ2v) is 4.08. The van der Waals surface area contributed by atoms with E-state index in [4.69, 9.17) is 15.3 Å². The quantitative estimate of drug-likeness (QED) is 0.648. The van der Waals surface area contributed by atoms with E-state index in [1.165, 1.54) is 36.4 Å². The number of phenolic OH excluding ortho intramolecular Hbond substituents is 2. The Balaban J connectivity index is 0.000000224. The summed E-state index contributed by atoms with van der Waals surface area (Å²) in [4.78, 5) is 20.3. The molecule has 114 valence electrons. The third-order valence-electron chi connectivity index (χ3n) is 2.46. The number of carboxylic acids is 2. The molecule has 0 aliphatic rings. The Labute approximate surface area is 126 Å². The Hall–Kier alpha value is -3.28. The molecule has 0 unspecified atom stereocenters. The first-order chi connectivity index (χ1) is 10.4. The molecule has 4 N–H and O–H groups in total. The van der Waals surface area contributed by atoms with Gasteiger partial charge < -0.3 is 20.4 Å². The van der Waals surface area contributed by atoms with Crippen LogP contribution in [0.4, 0.5) is 0 Å². The Morgan fingerprint density at radius 2 is 1.45 bits per heavy atom. The van der Waals surface area contributed by atoms with Crippen LogP contribution in [0.15, 0.2) is 54.6 Å². The van der Waals surface area contributed by atoms with Gasteiger partial charge >= 0.3 is 11.9 Å². The number of aromatic hydroxyl groups is 2. The number of hydrogen-bond acceptors (Lipinski definition) is 4. The van der Waals surface area contributed by atoms with Crippen LogP contribution in [0.25, 0.3) is 6.08 Å². The highest BCUT2D eigenvalue weighted by Crippen LogP contribution is 2.16. The van der Waals surface area contributed by atoms with Crippen LogP contribution in [0, 0.1) is 0 Å². The molecule has 0 fully saturated rings. The SMILES string of the molecule is O=C(O)/C=C/c1ccccc1O.O=C(O)c1ccc(O)cc1. The highest BCUT2D eigenvalue weighted by Gasteiger charge is 1.99. The summed E-state index contributed by atoms with van der Waals surface area (Å²) >= 11 is 0. The van der Waals surface area contributed by atoms with Gasteiger partial charge in [-0.15, -0.1) is 0 Å². The molecule has 0 saturated carbocycles. The molecule has 2 rings (SSSR count). The van der Waals surface area contributed by atoms with E-state index >= 15 is 0 Å². The summed E-state index contributed by atoms with van der Waals surface area (Å²) in [5.41, 5.74) is 0.678. The standard InChI is InChI=1S/C9H8O3.C7H6O3/c10-8-4-2-1-3-7(8)5-6-9(11)12;8-6-3-1-5(2-4-6)7(9)10/h1-6,10H,(H,11,12);1-4,8H,(H,9,10)/b6-5+;. The maximum absolute atomic E-state index is 10.2. The van der Waals surface area contributed by atoms with Gasteiger partial charge in [0.15, 0.2) is 0 Å². The van der Waals surface area contributed by atoms with Gasteiger partial charge in [-0.25, -0.2) is 9.59 Å². The fourth-order valence-electron chi connectivity index (χ4n) is 1.39. The zero-order valence-electron chi connectivity index (χ0n) is 11.4. The number of benzene rings is 2. The summed E-state index contributed by atoms with van der Waals surface area (Å²) in [6, 6.07) is 11.9. The fourth-order valence-corrected chi connectivity index (χ4v) is 1.39. The minimum Gasteiger partial charge on any atom is -0.508 e. The van der Waals surface area contributed by atoms with Crippen molar-refractivity contribution in [3.63, 3.8) is 0 Å². The van der Waals surface area contributed by atoms with Gasteiger partial charge in [-0.2, -0.15) is 0 Å². The van der Waals surface area contributed by atoms with Crippen LogP contribution in [-0.4, -0.2) is 32.4 Å². The lowest BCUT2D eigenvalue weighted by atomic mass is 10.2. The molecule has 0 atom stereocenters. The Kier molecular flexibility index (Phi) is 6.18.